The average molecular weight is 276 g/mol. The van der Waals surface area contributed by atoms with Crippen LogP contribution in [0.2, 0.25) is 0 Å². The summed E-state index contributed by atoms with van der Waals surface area (Å²) in [6.45, 7) is 9.57. The second kappa shape index (κ2) is 6.62. The van der Waals surface area contributed by atoms with E-state index in [4.69, 9.17) is 9.47 Å². The molecule has 1 fully saturated rings. The van der Waals surface area contributed by atoms with Gasteiger partial charge in [0.1, 0.15) is 5.75 Å². The van der Waals surface area contributed by atoms with Crippen molar-refractivity contribution in [3.63, 3.8) is 0 Å². The van der Waals surface area contributed by atoms with Crippen molar-refractivity contribution in [2.75, 3.05) is 6.61 Å². The SMILES string of the molecule is CC(C)c1ccc(OCCCCCC2OC2(C)C)cc1. The van der Waals surface area contributed by atoms with Gasteiger partial charge in [0.15, 0.2) is 0 Å². The molecule has 1 atom stereocenters. The molecule has 1 heterocycles. The van der Waals surface area contributed by atoms with Crippen LogP contribution in [0.5, 0.6) is 5.75 Å². The Morgan fingerprint density at radius 1 is 1.10 bits per heavy atom. The van der Waals surface area contributed by atoms with E-state index in [9.17, 15) is 0 Å². The van der Waals surface area contributed by atoms with Gasteiger partial charge in [-0.2, -0.15) is 0 Å². The Labute approximate surface area is 123 Å². The van der Waals surface area contributed by atoms with Gasteiger partial charge >= 0.3 is 0 Å². The van der Waals surface area contributed by atoms with Crippen LogP contribution in [0, 0.1) is 0 Å². The zero-order chi connectivity index (χ0) is 14.6. The van der Waals surface area contributed by atoms with Gasteiger partial charge in [-0.05, 0) is 56.7 Å². The number of epoxide rings is 1. The predicted molar refractivity (Wildman–Crippen MR) is 83.4 cm³/mol. The van der Waals surface area contributed by atoms with Gasteiger partial charge in [-0.25, -0.2) is 0 Å². The maximum atomic E-state index is 5.77. The van der Waals surface area contributed by atoms with E-state index in [1.165, 1.54) is 24.8 Å². The molecule has 0 amide bonds. The topological polar surface area (TPSA) is 21.8 Å². The Bertz CT molecular complexity index is 406. The first-order valence-electron chi connectivity index (χ1n) is 7.89. The molecule has 0 saturated carbocycles. The van der Waals surface area contributed by atoms with Crippen LogP contribution in [0.1, 0.15) is 64.9 Å². The van der Waals surface area contributed by atoms with Crippen molar-refractivity contribution in [3.8, 4) is 5.75 Å². The smallest absolute Gasteiger partial charge is 0.119 e. The number of rotatable bonds is 8. The molecule has 0 spiro atoms. The van der Waals surface area contributed by atoms with Crippen LogP contribution in [0.25, 0.3) is 0 Å². The lowest BCUT2D eigenvalue weighted by atomic mass is 10.0. The molecule has 2 heteroatoms. The van der Waals surface area contributed by atoms with Crippen LogP contribution >= 0.6 is 0 Å². The molecule has 1 aromatic carbocycles. The summed E-state index contributed by atoms with van der Waals surface area (Å²) in [6, 6.07) is 8.48. The summed E-state index contributed by atoms with van der Waals surface area (Å²) >= 11 is 0. The van der Waals surface area contributed by atoms with E-state index in [0.29, 0.717) is 12.0 Å². The highest BCUT2D eigenvalue weighted by Gasteiger charge is 2.46. The fourth-order valence-electron chi connectivity index (χ4n) is 2.49. The first-order valence-corrected chi connectivity index (χ1v) is 7.89. The zero-order valence-corrected chi connectivity index (χ0v) is 13.3. The van der Waals surface area contributed by atoms with Crippen LogP contribution in [0.3, 0.4) is 0 Å². The summed E-state index contributed by atoms with van der Waals surface area (Å²) in [7, 11) is 0. The summed E-state index contributed by atoms with van der Waals surface area (Å²) in [5.41, 5.74) is 1.51. The fraction of sp³-hybridized carbons (Fsp3) is 0.667. The average Bonchev–Trinajstić information content (AvgIpc) is 3.01. The second-order valence-corrected chi connectivity index (χ2v) is 6.63. The van der Waals surface area contributed by atoms with Crippen LogP contribution in [-0.4, -0.2) is 18.3 Å². The fourth-order valence-corrected chi connectivity index (χ4v) is 2.49. The van der Waals surface area contributed by atoms with E-state index in [2.05, 4.69) is 52.0 Å². The Kier molecular flexibility index (Phi) is 5.09. The molecular formula is C18H28O2. The van der Waals surface area contributed by atoms with Crippen molar-refractivity contribution < 1.29 is 9.47 Å². The van der Waals surface area contributed by atoms with Crippen molar-refractivity contribution >= 4 is 0 Å². The molecular weight excluding hydrogens is 248 g/mol. The molecule has 1 aromatic rings. The van der Waals surface area contributed by atoms with E-state index in [-0.39, 0.29) is 5.60 Å². The third kappa shape index (κ3) is 4.52. The molecule has 0 N–H and O–H groups in total. The van der Waals surface area contributed by atoms with Crippen LogP contribution in [0.4, 0.5) is 0 Å². The number of hydrogen-bond acceptors (Lipinski definition) is 2. The molecule has 0 radical (unpaired) electrons. The molecule has 1 aliphatic heterocycles. The molecule has 2 nitrogen and oxygen atoms in total. The molecule has 20 heavy (non-hydrogen) atoms. The highest BCUT2D eigenvalue weighted by atomic mass is 16.6. The van der Waals surface area contributed by atoms with Crippen LogP contribution in [0.15, 0.2) is 24.3 Å². The van der Waals surface area contributed by atoms with Crippen molar-refractivity contribution in [1.29, 1.82) is 0 Å². The normalized spacial score (nSPS) is 20.1. The number of ether oxygens (including phenoxy) is 2. The van der Waals surface area contributed by atoms with Gasteiger partial charge in [-0.15, -0.1) is 0 Å². The number of hydrogen-bond donors (Lipinski definition) is 0. The number of benzene rings is 1. The van der Waals surface area contributed by atoms with E-state index >= 15 is 0 Å². The number of unbranched alkanes of at least 4 members (excludes halogenated alkanes) is 2. The molecule has 0 aromatic heterocycles. The molecule has 1 unspecified atom stereocenters. The summed E-state index contributed by atoms with van der Waals surface area (Å²) in [5.74, 6) is 1.57. The van der Waals surface area contributed by atoms with Gasteiger partial charge in [0.25, 0.3) is 0 Å². The van der Waals surface area contributed by atoms with Crippen molar-refractivity contribution in [3.05, 3.63) is 29.8 Å². The minimum atomic E-state index is 0.147. The molecule has 2 rings (SSSR count). The lowest BCUT2D eigenvalue weighted by molar-refractivity contribution is 0.298. The maximum Gasteiger partial charge on any atom is 0.119 e. The Morgan fingerprint density at radius 2 is 1.75 bits per heavy atom. The minimum Gasteiger partial charge on any atom is -0.494 e. The van der Waals surface area contributed by atoms with Crippen molar-refractivity contribution in [1.82, 2.24) is 0 Å². The second-order valence-electron chi connectivity index (χ2n) is 6.63. The predicted octanol–water partition coefficient (Wildman–Crippen LogP) is 4.93. The summed E-state index contributed by atoms with van der Waals surface area (Å²) in [5, 5.41) is 0. The van der Waals surface area contributed by atoms with E-state index < -0.39 is 0 Å². The maximum absolute atomic E-state index is 5.77. The van der Waals surface area contributed by atoms with Gasteiger partial charge in [0.2, 0.25) is 0 Å². The zero-order valence-electron chi connectivity index (χ0n) is 13.3. The van der Waals surface area contributed by atoms with E-state index in [1.807, 2.05) is 0 Å². The largest absolute Gasteiger partial charge is 0.494 e. The summed E-state index contributed by atoms with van der Waals surface area (Å²) in [6.07, 6.45) is 5.27. The highest BCUT2D eigenvalue weighted by molar-refractivity contribution is 5.28. The van der Waals surface area contributed by atoms with E-state index in [1.54, 1.807) is 0 Å². The molecule has 0 aliphatic carbocycles. The first kappa shape index (κ1) is 15.4. The van der Waals surface area contributed by atoms with Crippen molar-refractivity contribution in [2.45, 2.75) is 71.0 Å². The first-order chi connectivity index (χ1) is 9.49. The van der Waals surface area contributed by atoms with Crippen LogP contribution < -0.4 is 4.74 Å². The van der Waals surface area contributed by atoms with Gasteiger partial charge in [0.05, 0.1) is 18.3 Å². The Balaban J connectivity index is 1.54. The third-order valence-electron chi connectivity index (χ3n) is 4.09. The summed E-state index contributed by atoms with van der Waals surface area (Å²) < 4.78 is 11.4. The Morgan fingerprint density at radius 3 is 2.30 bits per heavy atom. The highest BCUT2D eigenvalue weighted by Crippen LogP contribution is 2.38. The van der Waals surface area contributed by atoms with Gasteiger partial charge in [-0.1, -0.05) is 32.4 Å². The molecule has 1 aliphatic rings. The Hall–Kier alpha value is -1.02. The van der Waals surface area contributed by atoms with Crippen LogP contribution in [-0.2, 0) is 4.74 Å². The molecule has 0 bridgehead atoms. The standard InChI is InChI=1S/C18H28O2/c1-14(2)15-9-11-16(12-10-15)19-13-7-5-6-8-17-18(3,4)20-17/h9-12,14,17H,5-8,13H2,1-4H3. The van der Waals surface area contributed by atoms with Crippen molar-refractivity contribution in [2.24, 2.45) is 0 Å². The molecule has 112 valence electrons. The third-order valence-corrected chi connectivity index (χ3v) is 4.09. The quantitative estimate of drug-likeness (QED) is 0.496. The van der Waals surface area contributed by atoms with Gasteiger partial charge < -0.3 is 9.47 Å². The monoisotopic (exact) mass is 276 g/mol. The van der Waals surface area contributed by atoms with Gasteiger partial charge in [0, 0.05) is 0 Å². The van der Waals surface area contributed by atoms with Gasteiger partial charge in [-0.3, -0.25) is 0 Å². The van der Waals surface area contributed by atoms with E-state index in [0.717, 1.165) is 18.8 Å². The lowest BCUT2D eigenvalue weighted by Crippen LogP contribution is -2.03. The summed E-state index contributed by atoms with van der Waals surface area (Å²) in [4.78, 5) is 0. The minimum absolute atomic E-state index is 0.147. The lowest BCUT2D eigenvalue weighted by Gasteiger charge is -2.08. The molecule has 1 saturated heterocycles.